The van der Waals surface area contributed by atoms with Crippen molar-refractivity contribution in [1.82, 2.24) is 10.4 Å². The summed E-state index contributed by atoms with van der Waals surface area (Å²) >= 11 is 0. The van der Waals surface area contributed by atoms with Gasteiger partial charge < -0.3 is 0 Å². The lowest BCUT2D eigenvalue weighted by atomic mass is 10.1. The molecule has 0 aliphatic carbocycles. The number of hydrogen-bond donors (Lipinski definition) is 1. The second kappa shape index (κ2) is 3.18. The maximum atomic E-state index is 3.34. The molecule has 1 unspecified atom stereocenters. The van der Waals surface area contributed by atoms with Gasteiger partial charge >= 0.3 is 0 Å². The molecule has 0 aromatic heterocycles. The number of hydrazine groups is 1. The van der Waals surface area contributed by atoms with Gasteiger partial charge in [-0.25, -0.2) is 5.01 Å². The fraction of sp³-hybridized carbons (Fsp3) is 1.00. The van der Waals surface area contributed by atoms with Crippen LogP contribution in [0.2, 0.25) is 0 Å². The van der Waals surface area contributed by atoms with Crippen LogP contribution in [0.25, 0.3) is 0 Å². The minimum Gasteiger partial charge on any atom is -0.255 e. The maximum Gasteiger partial charge on any atom is 0.0273 e. The van der Waals surface area contributed by atoms with E-state index in [2.05, 4.69) is 24.3 Å². The largest absolute Gasteiger partial charge is 0.255 e. The van der Waals surface area contributed by atoms with Crippen LogP contribution < -0.4 is 5.43 Å². The Morgan fingerprint density at radius 3 is 2.67 bits per heavy atom. The summed E-state index contributed by atoms with van der Waals surface area (Å²) in [7, 11) is 0. The molecule has 54 valence electrons. The molecule has 0 amide bonds. The molecule has 0 aromatic carbocycles. The number of rotatable bonds is 4. The summed E-state index contributed by atoms with van der Waals surface area (Å²) in [5.41, 5.74) is 3.34. The zero-order valence-corrected chi connectivity index (χ0v) is 6.35. The van der Waals surface area contributed by atoms with E-state index in [0.717, 1.165) is 12.5 Å². The summed E-state index contributed by atoms with van der Waals surface area (Å²) in [6.07, 6.45) is 1.28. The van der Waals surface area contributed by atoms with Crippen LogP contribution in [0.1, 0.15) is 20.3 Å². The Morgan fingerprint density at radius 2 is 2.22 bits per heavy atom. The smallest absolute Gasteiger partial charge is 0.0273 e. The minimum atomic E-state index is 0.825. The molecule has 1 atom stereocenters. The Labute approximate surface area is 57.2 Å². The van der Waals surface area contributed by atoms with E-state index < -0.39 is 0 Å². The second-order valence-corrected chi connectivity index (χ2v) is 2.86. The highest BCUT2D eigenvalue weighted by molar-refractivity contribution is 4.67. The molecule has 0 radical (unpaired) electrons. The maximum absolute atomic E-state index is 3.34. The fourth-order valence-electron chi connectivity index (χ4n) is 0.637. The zero-order valence-electron chi connectivity index (χ0n) is 6.35. The molecule has 1 aliphatic heterocycles. The summed E-state index contributed by atoms with van der Waals surface area (Å²) in [5, 5.41) is 2.24. The first kappa shape index (κ1) is 7.03. The van der Waals surface area contributed by atoms with Crippen LogP contribution in [0.3, 0.4) is 0 Å². The van der Waals surface area contributed by atoms with Gasteiger partial charge in [-0.1, -0.05) is 20.3 Å². The number of nitrogens with one attached hydrogen (secondary N) is 1. The van der Waals surface area contributed by atoms with Crippen molar-refractivity contribution in [3.8, 4) is 0 Å². The van der Waals surface area contributed by atoms with Gasteiger partial charge in [-0.2, -0.15) is 0 Å². The minimum absolute atomic E-state index is 0.825. The van der Waals surface area contributed by atoms with Gasteiger partial charge in [-0.3, -0.25) is 5.43 Å². The molecule has 0 aromatic rings. The first-order valence-electron chi connectivity index (χ1n) is 3.81. The van der Waals surface area contributed by atoms with Gasteiger partial charge in [-0.15, -0.1) is 0 Å². The molecule has 1 heterocycles. The monoisotopic (exact) mass is 128 g/mol. The van der Waals surface area contributed by atoms with Gasteiger partial charge in [0.25, 0.3) is 0 Å². The van der Waals surface area contributed by atoms with Gasteiger partial charge in [-0.05, 0) is 5.92 Å². The average Bonchev–Trinajstić information content (AvgIpc) is 2.65. The van der Waals surface area contributed by atoms with E-state index in [1.807, 2.05) is 0 Å². The quantitative estimate of drug-likeness (QED) is 0.565. The molecule has 1 rings (SSSR count). The standard InChI is InChI=1S/C7H16N2/c1-3-7(2)6-8-9-4-5-9/h7-8H,3-6H2,1-2H3. The number of nitrogens with zero attached hydrogens (tertiary/aromatic N) is 1. The molecule has 1 saturated heterocycles. The van der Waals surface area contributed by atoms with Crippen molar-refractivity contribution < 1.29 is 0 Å². The lowest BCUT2D eigenvalue weighted by Crippen LogP contribution is -2.26. The molecule has 0 spiro atoms. The van der Waals surface area contributed by atoms with Crippen molar-refractivity contribution in [3.63, 3.8) is 0 Å². The summed E-state index contributed by atoms with van der Waals surface area (Å²) in [6.45, 7) is 8.15. The van der Waals surface area contributed by atoms with Crippen LogP contribution in [0.4, 0.5) is 0 Å². The molecule has 2 heteroatoms. The average molecular weight is 128 g/mol. The highest BCUT2D eigenvalue weighted by atomic mass is 15.6. The predicted molar refractivity (Wildman–Crippen MR) is 39.0 cm³/mol. The van der Waals surface area contributed by atoms with Gasteiger partial charge in [0, 0.05) is 19.6 Å². The highest BCUT2D eigenvalue weighted by Gasteiger charge is 2.16. The van der Waals surface area contributed by atoms with Crippen LogP contribution in [0, 0.1) is 5.92 Å². The third kappa shape index (κ3) is 2.82. The molecule has 0 saturated carbocycles. The van der Waals surface area contributed by atoms with Crippen molar-refractivity contribution >= 4 is 0 Å². The van der Waals surface area contributed by atoms with E-state index >= 15 is 0 Å². The molecule has 1 aliphatic rings. The SMILES string of the molecule is CCC(C)CNN1CC1. The zero-order chi connectivity index (χ0) is 6.69. The first-order chi connectivity index (χ1) is 4.33. The van der Waals surface area contributed by atoms with E-state index in [4.69, 9.17) is 0 Å². The molecule has 1 fully saturated rings. The summed E-state index contributed by atoms with van der Waals surface area (Å²) in [6, 6.07) is 0. The van der Waals surface area contributed by atoms with Crippen LogP contribution in [-0.4, -0.2) is 24.6 Å². The Hall–Kier alpha value is -0.0800. The fourth-order valence-corrected chi connectivity index (χ4v) is 0.637. The van der Waals surface area contributed by atoms with Gasteiger partial charge in [0.1, 0.15) is 0 Å². The summed E-state index contributed by atoms with van der Waals surface area (Å²) in [5.74, 6) is 0.825. The Kier molecular flexibility index (Phi) is 2.49. The Morgan fingerprint density at radius 1 is 1.56 bits per heavy atom. The topological polar surface area (TPSA) is 15.0 Å². The van der Waals surface area contributed by atoms with Gasteiger partial charge in [0.15, 0.2) is 0 Å². The Balaban J connectivity index is 1.90. The summed E-state index contributed by atoms with van der Waals surface area (Å²) in [4.78, 5) is 0. The molecule has 0 bridgehead atoms. The van der Waals surface area contributed by atoms with E-state index in [9.17, 15) is 0 Å². The van der Waals surface area contributed by atoms with Gasteiger partial charge in [0.2, 0.25) is 0 Å². The second-order valence-electron chi connectivity index (χ2n) is 2.86. The van der Waals surface area contributed by atoms with E-state index in [0.29, 0.717) is 0 Å². The Bertz CT molecular complexity index is 79.0. The van der Waals surface area contributed by atoms with Crippen LogP contribution in [0.15, 0.2) is 0 Å². The van der Waals surface area contributed by atoms with E-state index in [1.165, 1.54) is 19.5 Å². The molecular formula is C7H16N2. The molecule has 9 heavy (non-hydrogen) atoms. The van der Waals surface area contributed by atoms with Crippen LogP contribution in [0.5, 0.6) is 0 Å². The normalized spacial score (nSPS) is 22.0. The molecular weight excluding hydrogens is 112 g/mol. The number of hydrogen-bond acceptors (Lipinski definition) is 2. The highest BCUT2D eigenvalue weighted by Crippen LogP contribution is 2.01. The summed E-state index contributed by atoms with van der Waals surface area (Å²) < 4.78 is 0. The third-order valence-corrected chi connectivity index (χ3v) is 1.81. The predicted octanol–water partition coefficient (Wildman–Crippen LogP) is 0.853. The molecule has 1 N–H and O–H groups in total. The van der Waals surface area contributed by atoms with Crippen LogP contribution >= 0.6 is 0 Å². The lowest BCUT2D eigenvalue weighted by Gasteiger charge is -2.08. The van der Waals surface area contributed by atoms with E-state index in [-0.39, 0.29) is 0 Å². The van der Waals surface area contributed by atoms with Crippen molar-refractivity contribution in [2.45, 2.75) is 20.3 Å². The lowest BCUT2D eigenvalue weighted by molar-refractivity contribution is 0.355. The first-order valence-corrected chi connectivity index (χ1v) is 3.81. The van der Waals surface area contributed by atoms with Crippen LogP contribution in [-0.2, 0) is 0 Å². The van der Waals surface area contributed by atoms with Gasteiger partial charge in [0.05, 0.1) is 0 Å². The van der Waals surface area contributed by atoms with Crippen molar-refractivity contribution in [2.75, 3.05) is 19.6 Å². The van der Waals surface area contributed by atoms with Crippen molar-refractivity contribution in [2.24, 2.45) is 5.92 Å². The van der Waals surface area contributed by atoms with Crippen molar-refractivity contribution in [1.29, 1.82) is 0 Å². The molecule has 2 nitrogen and oxygen atoms in total. The van der Waals surface area contributed by atoms with E-state index in [1.54, 1.807) is 0 Å². The third-order valence-electron chi connectivity index (χ3n) is 1.81. The van der Waals surface area contributed by atoms with Crippen molar-refractivity contribution in [3.05, 3.63) is 0 Å².